The fraction of sp³-hybridized carbons (Fsp3) is 0.500. The molecule has 0 saturated carbocycles. The molecular formula is C22H24F3N9O3. The Morgan fingerprint density at radius 2 is 2.11 bits per heavy atom. The summed E-state index contributed by atoms with van der Waals surface area (Å²) in [5, 5.41) is 20.8. The van der Waals surface area contributed by atoms with Crippen molar-refractivity contribution in [3.05, 3.63) is 51.8 Å². The second-order valence-electron chi connectivity index (χ2n) is 8.74. The molecule has 12 nitrogen and oxygen atoms in total. The number of hydrogen-bond acceptors (Lipinski definition) is 11. The molecule has 0 aromatic carbocycles. The number of alkyl halides is 3. The average molecular weight is 519 g/mol. The third kappa shape index (κ3) is 6.20. The van der Waals surface area contributed by atoms with Gasteiger partial charge in [0.2, 0.25) is 5.95 Å². The van der Waals surface area contributed by atoms with Gasteiger partial charge in [-0.15, -0.1) is 0 Å². The molecule has 1 aliphatic rings. The molecule has 0 aliphatic carbocycles. The first kappa shape index (κ1) is 26.0. The van der Waals surface area contributed by atoms with Crippen LogP contribution >= 0.6 is 0 Å². The molecule has 3 aromatic heterocycles. The minimum Gasteiger partial charge on any atom is -0.378 e. The summed E-state index contributed by atoms with van der Waals surface area (Å²) in [6.45, 7) is 4.33. The highest BCUT2D eigenvalue weighted by Crippen LogP contribution is 2.32. The van der Waals surface area contributed by atoms with Crippen LogP contribution in [0.5, 0.6) is 0 Å². The van der Waals surface area contributed by atoms with Crippen LogP contribution in [0.3, 0.4) is 0 Å². The van der Waals surface area contributed by atoms with Gasteiger partial charge in [0.25, 0.3) is 11.4 Å². The summed E-state index contributed by atoms with van der Waals surface area (Å²) in [4.78, 5) is 26.6. The van der Waals surface area contributed by atoms with Crippen molar-refractivity contribution >= 4 is 11.6 Å². The molecule has 1 aliphatic heterocycles. The van der Waals surface area contributed by atoms with Crippen LogP contribution in [0.2, 0.25) is 0 Å². The minimum absolute atomic E-state index is 0.0157. The zero-order valence-corrected chi connectivity index (χ0v) is 20.0. The monoisotopic (exact) mass is 519 g/mol. The zero-order valence-electron chi connectivity index (χ0n) is 20.0. The van der Waals surface area contributed by atoms with E-state index in [-0.39, 0.29) is 31.1 Å². The van der Waals surface area contributed by atoms with Crippen LogP contribution in [0, 0.1) is 11.3 Å². The highest BCUT2D eigenvalue weighted by Gasteiger charge is 2.37. The Morgan fingerprint density at radius 1 is 1.35 bits per heavy atom. The normalized spacial score (nSPS) is 18.9. The van der Waals surface area contributed by atoms with E-state index in [1.165, 1.54) is 12.4 Å². The van der Waals surface area contributed by atoms with Gasteiger partial charge in [-0.25, -0.2) is 15.1 Å². The third-order valence-corrected chi connectivity index (χ3v) is 5.88. The molecule has 4 heterocycles. The summed E-state index contributed by atoms with van der Waals surface area (Å²) < 4.78 is 50.4. The number of rotatable bonds is 8. The number of anilines is 2. The molecule has 3 aromatic rings. The Labute approximate surface area is 208 Å². The molecule has 2 N–H and O–H groups in total. The van der Waals surface area contributed by atoms with Crippen molar-refractivity contribution in [2.45, 2.75) is 57.5 Å². The molecule has 196 valence electrons. The van der Waals surface area contributed by atoms with Crippen molar-refractivity contribution in [1.29, 1.82) is 5.26 Å². The molecule has 3 atom stereocenters. The van der Waals surface area contributed by atoms with E-state index in [0.717, 1.165) is 19.0 Å². The first-order valence-electron chi connectivity index (χ1n) is 11.5. The van der Waals surface area contributed by atoms with E-state index in [1.54, 1.807) is 12.0 Å². The fourth-order valence-corrected chi connectivity index (χ4v) is 4.14. The Hall–Kier alpha value is -4.06. The maximum absolute atomic E-state index is 13.2. The van der Waals surface area contributed by atoms with Crippen LogP contribution in [0.15, 0.2) is 27.9 Å². The molecule has 0 amide bonds. The van der Waals surface area contributed by atoms with Crippen molar-refractivity contribution in [3.63, 3.8) is 0 Å². The summed E-state index contributed by atoms with van der Waals surface area (Å²) in [5.74, 6) is 1.43. The van der Waals surface area contributed by atoms with Gasteiger partial charge in [-0.1, -0.05) is 5.16 Å². The van der Waals surface area contributed by atoms with Gasteiger partial charge in [0, 0.05) is 24.5 Å². The van der Waals surface area contributed by atoms with E-state index in [9.17, 15) is 18.0 Å². The number of nitrogens with zero attached hydrogens (tertiary/aromatic N) is 7. The number of aromatic nitrogens is 6. The zero-order chi connectivity index (χ0) is 26.6. The number of halogens is 3. The first-order chi connectivity index (χ1) is 17.7. The second kappa shape index (κ2) is 10.9. The van der Waals surface area contributed by atoms with Gasteiger partial charge >= 0.3 is 6.18 Å². The van der Waals surface area contributed by atoms with Crippen LogP contribution in [-0.2, 0) is 17.5 Å². The summed E-state index contributed by atoms with van der Waals surface area (Å²) in [7, 11) is 0. The van der Waals surface area contributed by atoms with E-state index in [0.29, 0.717) is 23.9 Å². The van der Waals surface area contributed by atoms with Crippen molar-refractivity contribution < 1.29 is 22.4 Å². The lowest BCUT2D eigenvalue weighted by atomic mass is 9.91. The van der Waals surface area contributed by atoms with Gasteiger partial charge in [0.1, 0.15) is 18.2 Å². The minimum atomic E-state index is -4.83. The number of hydrogen-bond donors (Lipinski definition) is 2. The van der Waals surface area contributed by atoms with Crippen molar-refractivity contribution in [2.24, 2.45) is 0 Å². The van der Waals surface area contributed by atoms with Gasteiger partial charge in [-0.3, -0.25) is 4.79 Å². The van der Waals surface area contributed by atoms with Crippen LogP contribution in [0.4, 0.5) is 24.8 Å². The van der Waals surface area contributed by atoms with Crippen LogP contribution < -0.4 is 15.8 Å². The number of nitrogens with one attached hydrogen (secondary N) is 2. The maximum atomic E-state index is 13.2. The van der Waals surface area contributed by atoms with Gasteiger partial charge in [-0.05, 0) is 26.7 Å². The van der Waals surface area contributed by atoms with Crippen molar-refractivity contribution in [3.8, 4) is 6.07 Å². The number of piperidine rings is 1. The van der Waals surface area contributed by atoms with Crippen molar-refractivity contribution in [2.75, 3.05) is 23.4 Å². The molecule has 0 bridgehead atoms. The fourth-order valence-electron chi connectivity index (χ4n) is 4.14. The predicted octanol–water partition coefficient (Wildman–Crippen LogP) is 2.62. The summed E-state index contributed by atoms with van der Waals surface area (Å²) in [6, 6.07) is 1.54. The molecule has 0 radical (unpaired) electrons. The average Bonchev–Trinajstić information content (AvgIpc) is 3.32. The summed E-state index contributed by atoms with van der Waals surface area (Å²) in [6.07, 6.45) is 0.562. The highest BCUT2D eigenvalue weighted by molar-refractivity contribution is 5.50. The number of H-pyrrole nitrogens is 1. The van der Waals surface area contributed by atoms with Gasteiger partial charge < -0.3 is 19.5 Å². The predicted molar refractivity (Wildman–Crippen MR) is 122 cm³/mol. The number of aromatic amines is 1. The molecule has 15 heteroatoms. The standard InChI is InChI=1S/C22H24F3N9O3/c1-12(30-16-9-29-32-20(35)18(16)22(23,24)25)10-36-11-17-31-19(33-37-17)15-3-4-34(13(2)5-15)21-27-7-14(6-26)8-28-21/h7-9,12-13,15H,3-5,10-11H2,1-2H3,(H2,30,32,35). The summed E-state index contributed by atoms with van der Waals surface area (Å²) in [5.41, 5.74) is -2.70. The first-order valence-corrected chi connectivity index (χ1v) is 11.5. The van der Waals surface area contributed by atoms with Gasteiger partial charge in [-0.2, -0.15) is 28.5 Å². The quantitative estimate of drug-likeness (QED) is 0.450. The van der Waals surface area contributed by atoms with E-state index >= 15 is 0 Å². The van der Waals surface area contributed by atoms with Gasteiger partial charge in [0.05, 0.1) is 36.4 Å². The largest absolute Gasteiger partial charge is 0.423 e. The Morgan fingerprint density at radius 3 is 2.78 bits per heavy atom. The molecule has 1 fully saturated rings. The Balaban J connectivity index is 1.28. The lowest BCUT2D eigenvalue weighted by molar-refractivity contribution is -0.138. The molecule has 1 saturated heterocycles. The van der Waals surface area contributed by atoms with Crippen LogP contribution in [-0.4, -0.2) is 55.5 Å². The number of nitriles is 1. The second-order valence-corrected chi connectivity index (χ2v) is 8.74. The van der Waals surface area contributed by atoms with E-state index in [4.69, 9.17) is 14.5 Å². The van der Waals surface area contributed by atoms with E-state index in [1.807, 2.05) is 13.0 Å². The van der Waals surface area contributed by atoms with E-state index < -0.39 is 29.0 Å². The molecule has 4 rings (SSSR count). The number of ether oxygens (including phenoxy) is 1. The Kier molecular flexibility index (Phi) is 7.67. The highest BCUT2D eigenvalue weighted by atomic mass is 19.4. The molecule has 3 unspecified atom stereocenters. The van der Waals surface area contributed by atoms with Crippen LogP contribution in [0.25, 0.3) is 0 Å². The topological polar surface area (TPSA) is 159 Å². The smallest absolute Gasteiger partial charge is 0.378 e. The lowest BCUT2D eigenvalue weighted by Crippen LogP contribution is -2.41. The van der Waals surface area contributed by atoms with Crippen molar-refractivity contribution in [1.82, 2.24) is 30.3 Å². The molecule has 37 heavy (non-hydrogen) atoms. The molecular weight excluding hydrogens is 495 g/mol. The Bertz CT molecular complexity index is 1300. The summed E-state index contributed by atoms with van der Waals surface area (Å²) >= 11 is 0. The maximum Gasteiger partial charge on any atom is 0.423 e. The SMILES string of the molecule is CC(COCc1nc(C2CCN(c3ncc(C#N)cn3)C(C)C2)no1)Nc1cn[nH]c(=O)c1C(F)(F)F. The van der Waals surface area contributed by atoms with E-state index in [2.05, 4.69) is 35.4 Å². The lowest BCUT2D eigenvalue weighted by Gasteiger charge is -2.36. The van der Waals surface area contributed by atoms with Gasteiger partial charge in [0.15, 0.2) is 5.82 Å². The van der Waals surface area contributed by atoms with Crippen LogP contribution in [0.1, 0.15) is 55.4 Å². The third-order valence-electron chi connectivity index (χ3n) is 5.88. The molecule has 0 spiro atoms.